The fraction of sp³-hybridized carbons (Fsp3) is 0.471. The molecule has 0 bridgehead atoms. The van der Waals surface area contributed by atoms with Crippen molar-refractivity contribution in [1.82, 2.24) is 10.3 Å². The molecule has 0 saturated heterocycles. The van der Waals surface area contributed by atoms with Gasteiger partial charge in [0.2, 0.25) is 0 Å². The van der Waals surface area contributed by atoms with E-state index < -0.39 is 0 Å². The number of nitrogens with zero attached hydrogens (tertiary/aromatic N) is 1. The molecule has 2 rings (SSSR count). The second-order valence-corrected chi connectivity index (χ2v) is 6.28. The molecule has 1 aromatic carbocycles. The van der Waals surface area contributed by atoms with Crippen molar-refractivity contribution in [2.24, 2.45) is 0 Å². The van der Waals surface area contributed by atoms with Crippen molar-refractivity contribution >= 4 is 11.3 Å². The molecule has 20 heavy (non-hydrogen) atoms. The molecular formula is C17H24N2S. The third-order valence-electron chi connectivity index (χ3n) is 3.47. The smallest absolute Gasteiger partial charge is 0.0975 e. The molecule has 3 heteroatoms. The van der Waals surface area contributed by atoms with Gasteiger partial charge in [-0.15, -0.1) is 11.3 Å². The second-order valence-electron chi connectivity index (χ2n) is 5.11. The van der Waals surface area contributed by atoms with Gasteiger partial charge in [0.1, 0.15) is 0 Å². The highest BCUT2D eigenvalue weighted by Gasteiger charge is 2.10. The molecule has 0 saturated carbocycles. The summed E-state index contributed by atoms with van der Waals surface area (Å²) >= 11 is 1.86. The van der Waals surface area contributed by atoms with Crippen LogP contribution in [-0.2, 0) is 19.4 Å². The Labute approximate surface area is 126 Å². The Kier molecular flexibility index (Phi) is 5.74. The summed E-state index contributed by atoms with van der Waals surface area (Å²) < 4.78 is 0. The fourth-order valence-corrected chi connectivity index (χ4v) is 3.43. The number of hydrogen-bond donors (Lipinski definition) is 1. The minimum Gasteiger partial charge on any atom is -0.312 e. The van der Waals surface area contributed by atoms with Crippen LogP contribution < -0.4 is 5.32 Å². The molecule has 0 aliphatic carbocycles. The summed E-state index contributed by atoms with van der Waals surface area (Å²) in [6, 6.07) is 8.59. The van der Waals surface area contributed by atoms with Gasteiger partial charge in [-0.05, 0) is 37.4 Å². The molecule has 1 heterocycles. The Morgan fingerprint density at radius 3 is 2.70 bits per heavy atom. The van der Waals surface area contributed by atoms with Gasteiger partial charge >= 0.3 is 0 Å². The summed E-state index contributed by atoms with van der Waals surface area (Å²) in [5, 5.41) is 4.73. The summed E-state index contributed by atoms with van der Waals surface area (Å²) in [7, 11) is 0. The quantitative estimate of drug-likeness (QED) is 0.776. The van der Waals surface area contributed by atoms with Gasteiger partial charge in [0, 0.05) is 17.8 Å². The average Bonchev–Trinajstić information content (AvgIpc) is 2.84. The number of thiazole rings is 1. The summed E-state index contributed by atoms with van der Waals surface area (Å²) in [6.45, 7) is 8.60. The lowest BCUT2D eigenvalue weighted by molar-refractivity contribution is 0.676. The molecule has 2 nitrogen and oxygen atoms in total. The maximum Gasteiger partial charge on any atom is 0.0975 e. The summed E-state index contributed by atoms with van der Waals surface area (Å²) in [5.41, 5.74) is 4.01. The summed E-state index contributed by atoms with van der Waals surface area (Å²) in [6.07, 6.45) is 3.15. The van der Waals surface area contributed by atoms with E-state index in [4.69, 9.17) is 4.98 Å². The van der Waals surface area contributed by atoms with E-state index in [0.29, 0.717) is 0 Å². The molecular weight excluding hydrogens is 264 g/mol. The second kappa shape index (κ2) is 7.55. The highest BCUT2D eigenvalue weighted by atomic mass is 32.1. The van der Waals surface area contributed by atoms with Gasteiger partial charge in [-0.25, -0.2) is 4.98 Å². The number of aryl methyl sites for hydroxylation is 2. The normalized spacial score (nSPS) is 10.9. The third kappa shape index (κ3) is 3.90. The highest BCUT2D eigenvalue weighted by Crippen LogP contribution is 2.23. The van der Waals surface area contributed by atoms with E-state index in [2.05, 4.69) is 50.4 Å². The minimum atomic E-state index is 0.956. The lowest BCUT2D eigenvalue weighted by Gasteiger charge is -2.02. The summed E-state index contributed by atoms with van der Waals surface area (Å²) in [4.78, 5) is 6.23. The Morgan fingerprint density at radius 2 is 2.00 bits per heavy atom. The van der Waals surface area contributed by atoms with Crippen molar-refractivity contribution in [2.45, 2.75) is 46.6 Å². The van der Waals surface area contributed by atoms with Crippen LogP contribution in [-0.4, -0.2) is 11.5 Å². The Bertz CT molecular complexity index is 546. The van der Waals surface area contributed by atoms with E-state index in [9.17, 15) is 0 Å². The first-order valence-electron chi connectivity index (χ1n) is 7.47. The zero-order chi connectivity index (χ0) is 14.4. The van der Waals surface area contributed by atoms with Crippen LogP contribution in [0.1, 0.15) is 47.0 Å². The van der Waals surface area contributed by atoms with Crippen LogP contribution in [0.3, 0.4) is 0 Å². The van der Waals surface area contributed by atoms with Gasteiger partial charge < -0.3 is 5.32 Å². The number of benzene rings is 1. The lowest BCUT2D eigenvalue weighted by atomic mass is 10.1. The van der Waals surface area contributed by atoms with E-state index in [0.717, 1.165) is 25.9 Å². The van der Waals surface area contributed by atoms with Crippen molar-refractivity contribution in [3.05, 3.63) is 51.0 Å². The first kappa shape index (κ1) is 15.2. The van der Waals surface area contributed by atoms with E-state index in [1.165, 1.54) is 33.1 Å². The van der Waals surface area contributed by atoms with Crippen LogP contribution in [0.4, 0.5) is 0 Å². The zero-order valence-corrected chi connectivity index (χ0v) is 13.5. The SMILES string of the molecule is CCCNCc1sc(Cc2ccccc2C)nc1CC. The average molecular weight is 288 g/mol. The molecule has 0 atom stereocenters. The van der Waals surface area contributed by atoms with Crippen molar-refractivity contribution < 1.29 is 0 Å². The Hall–Kier alpha value is -1.19. The van der Waals surface area contributed by atoms with Crippen LogP contribution in [0.25, 0.3) is 0 Å². The van der Waals surface area contributed by atoms with Crippen LogP contribution in [0.5, 0.6) is 0 Å². The number of aromatic nitrogens is 1. The first-order valence-corrected chi connectivity index (χ1v) is 8.28. The predicted molar refractivity (Wildman–Crippen MR) is 87.5 cm³/mol. The molecule has 1 aromatic heterocycles. The largest absolute Gasteiger partial charge is 0.312 e. The maximum atomic E-state index is 4.82. The van der Waals surface area contributed by atoms with Gasteiger partial charge in [-0.1, -0.05) is 38.1 Å². The van der Waals surface area contributed by atoms with Crippen LogP contribution in [0.2, 0.25) is 0 Å². The van der Waals surface area contributed by atoms with Gasteiger partial charge in [-0.3, -0.25) is 0 Å². The maximum absolute atomic E-state index is 4.82. The van der Waals surface area contributed by atoms with E-state index in [1.807, 2.05) is 11.3 Å². The third-order valence-corrected chi connectivity index (χ3v) is 4.57. The number of hydrogen-bond acceptors (Lipinski definition) is 3. The molecule has 2 aromatic rings. The molecule has 108 valence electrons. The molecule has 0 amide bonds. The van der Waals surface area contributed by atoms with Crippen molar-refractivity contribution in [1.29, 1.82) is 0 Å². The molecule has 0 unspecified atom stereocenters. The van der Waals surface area contributed by atoms with Gasteiger partial charge in [0.05, 0.1) is 10.7 Å². The fourth-order valence-electron chi connectivity index (χ4n) is 2.28. The standard InChI is InChI=1S/C17H24N2S/c1-4-10-18-12-16-15(5-2)19-17(20-16)11-14-9-7-6-8-13(14)3/h6-9,18H,4-5,10-12H2,1-3H3. The Balaban J connectivity index is 2.11. The minimum absolute atomic E-state index is 0.956. The van der Waals surface area contributed by atoms with E-state index in [-0.39, 0.29) is 0 Å². The monoisotopic (exact) mass is 288 g/mol. The van der Waals surface area contributed by atoms with Crippen LogP contribution in [0, 0.1) is 6.92 Å². The molecule has 0 fully saturated rings. The van der Waals surface area contributed by atoms with E-state index in [1.54, 1.807) is 0 Å². The van der Waals surface area contributed by atoms with Gasteiger partial charge in [0.25, 0.3) is 0 Å². The predicted octanol–water partition coefficient (Wildman–Crippen LogP) is 4.10. The Morgan fingerprint density at radius 1 is 1.20 bits per heavy atom. The number of rotatable bonds is 7. The number of nitrogens with one attached hydrogen (secondary N) is 1. The van der Waals surface area contributed by atoms with Gasteiger partial charge in [-0.2, -0.15) is 0 Å². The zero-order valence-electron chi connectivity index (χ0n) is 12.7. The van der Waals surface area contributed by atoms with Gasteiger partial charge in [0.15, 0.2) is 0 Å². The summed E-state index contributed by atoms with van der Waals surface area (Å²) in [5.74, 6) is 0. The lowest BCUT2D eigenvalue weighted by Crippen LogP contribution is -2.13. The van der Waals surface area contributed by atoms with Crippen LogP contribution in [0.15, 0.2) is 24.3 Å². The molecule has 0 aliphatic rings. The van der Waals surface area contributed by atoms with Crippen molar-refractivity contribution in [3.8, 4) is 0 Å². The van der Waals surface area contributed by atoms with Crippen molar-refractivity contribution in [2.75, 3.05) is 6.54 Å². The molecule has 1 N–H and O–H groups in total. The highest BCUT2D eigenvalue weighted by molar-refractivity contribution is 7.11. The molecule has 0 aliphatic heterocycles. The van der Waals surface area contributed by atoms with Crippen molar-refractivity contribution in [3.63, 3.8) is 0 Å². The first-order chi connectivity index (χ1) is 9.74. The molecule has 0 radical (unpaired) electrons. The topological polar surface area (TPSA) is 24.9 Å². The van der Waals surface area contributed by atoms with Crippen LogP contribution >= 0.6 is 11.3 Å². The molecule has 0 spiro atoms. The van der Waals surface area contributed by atoms with E-state index >= 15 is 0 Å².